The summed E-state index contributed by atoms with van der Waals surface area (Å²) in [4.78, 5) is 73.5. The van der Waals surface area contributed by atoms with Gasteiger partial charge in [0.1, 0.15) is 29.4 Å². The third-order valence-corrected chi connectivity index (χ3v) is 13.0. The van der Waals surface area contributed by atoms with Crippen LogP contribution >= 0.6 is 0 Å². The fourth-order valence-electron chi connectivity index (χ4n) is 9.71. The van der Waals surface area contributed by atoms with E-state index in [0.717, 1.165) is 71.0 Å². The topological polar surface area (TPSA) is 186 Å². The first kappa shape index (κ1) is 38.6. The van der Waals surface area contributed by atoms with Crippen molar-refractivity contribution in [3.05, 3.63) is 71.7 Å². The van der Waals surface area contributed by atoms with Crippen LogP contribution in [-0.4, -0.2) is 115 Å². The van der Waals surface area contributed by atoms with Gasteiger partial charge in [0.2, 0.25) is 11.8 Å². The molecule has 15 nitrogen and oxygen atoms in total. The zero-order valence-corrected chi connectivity index (χ0v) is 33.7. The van der Waals surface area contributed by atoms with Crippen LogP contribution in [0.5, 0.6) is 0 Å². The Morgan fingerprint density at radius 1 is 0.915 bits per heavy atom. The quantitative estimate of drug-likeness (QED) is 0.160. The molecule has 3 aliphatic heterocycles. The van der Waals surface area contributed by atoms with E-state index in [1.165, 1.54) is 14.2 Å². The number of amides is 4. The molecule has 2 aromatic heterocycles. The van der Waals surface area contributed by atoms with Gasteiger partial charge in [-0.3, -0.25) is 14.5 Å². The number of carbonyl (C=O) groups is 4. The fourth-order valence-corrected chi connectivity index (χ4v) is 9.71. The fraction of sp³-hybridized carbons (Fsp3) is 0.500. The van der Waals surface area contributed by atoms with Crippen molar-refractivity contribution >= 4 is 34.8 Å². The monoisotopic (exact) mass is 802 g/mol. The molecule has 2 saturated carbocycles. The number of nitrogens with one attached hydrogen (secondary N) is 3. The molecule has 0 unspecified atom stereocenters. The lowest BCUT2D eigenvalue weighted by Crippen LogP contribution is -2.54. The Hall–Kier alpha value is -5.88. The van der Waals surface area contributed by atoms with Crippen LogP contribution in [0.25, 0.3) is 22.0 Å². The number of carbonyl (C=O) groups excluding carboxylic acids is 3. The standard InChI is InChI=1S/C44H50N8O7/c1-23(2)37(49-43(55)58-4)41(53)51-33-16-29(33)18-35(51)39-45-20-31(47-39)12-8-24-7-9-26-15-27(11-10-25(26)14-24)32-21-46-40(48-32)36-19-30-17-34(30)52(36)42(54)38(50(3)44(56)57)28-6-5-13-59-22-28/h7,9-11,14-15,20-21,23,28-30,33-38H,5-6,13,16-19,22H2,1-4H3,(H,45,47)(H,46,48)(H,49,55)(H,56,57)/t28-,29+,30-,33-,34-,35+,36+,37+,38+/m1/s1. The van der Waals surface area contributed by atoms with Gasteiger partial charge in [0, 0.05) is 55.2 Å². The van der Waals surface area contributed by atoms with Crippen LogP contribution in [-0.2, 0) is 19.1 Å². The van der Waals surface area contributed by atoms with Gasteiger partial charge in [0.25, 0.3) is 0 Å². The molecule has 4 amide bonds. The molecule has 0 radical (unpaired) electrons. The zero-order valence-electron chi connectivity index (χ0n) is 33.7. The highest BCUT2D eigenvalue weighted by Gasteiger charge is 2.58. The molecule has 5 aliphatic rings. The van der Waals surface area contributed by atoms with Gasteiger partial charge in [-0.2, -0.15) is 0 Å². The zero-order chi connectivity index (χ0) is 41.1. The normalized spacial score (nSPS) is 26.4. The lowest BCUT2D eigenvalue weighted by atomic mass is 9.91. The minimum absolute atomic E-state index is 0.1000. The number of nitrogens with zero attached hydrogens (tertiary/aromatic N) is 5. The summed E-state index contributed by atoms with van der Waals surface area (Å²) in [5.74, 6) is 8.06. The van der Waals surface area contributed by atoms with Crippen LogP contribution in [0.3, 0.4) is 0 Å². The summed E-state index contributed by atoms with van der Waals surface area (Å²) in [5, 5.41) is 14.7. The molecule has 308 valence electrons. The molecule has 4 N–H and O–H groups in total. The SMILES string of the molecule is COC(=O)N[C@H](C(=O)N1[C@@H]2C[C@H]2C[C@H]1c1nc(C#Cc2ccc3cc(-c4c[nH]c([C@@H]5C[C@H]6C[C@H]6N5C(=O)[C@H]([C@@H]5CCCOC5)N(C)C(=O)O)n4)ccc3c2)c[nH]1)C(C)C. The minimum Gasteiger partial charge on any atom is -0.465 e. The van der Waals surface area contributed by atoms with Crippen LogP contribution in [0.1, 0.15) is 87.4 Å². The predicted molar refractivity (Wildman–Crippen MR) is 216 cm³/mol. The van der Waals surface area contributed by atoms with Gasteiger partial charge < -0.3 is 39.7 Å². The van der Waals surface area contributed by atoms with E-state index in [0.29, 0.717) is 42.4 Å². The number of aromatic nitrogens is 4. The Bertz CT molecular complexity index is 2360. The van der Waals surface area contributed by atoms with E-state index in [4.69, 9.17) is 19.4 Å². The maximum atomic E-state index is 14.2. The van der Waals surface area contributed by atoms with Crippen LogP contribution in [0.4, 0.5) is 9.59 Å². The first-order valence-electron chi connectivity index (χ1n) is 20.7. The summed E-state index contributed by atoms with van der Waals surface area (Å²) in [6.45, 7) is 4.81. The molecular weight excluding hydrogens is 753 g/mol. The second-order valence-corrected chi connectivity index (χ2v) is 17.2. The summed E-state index contributed by atoms with van der Waals surface area (Å²) in [6.07, 6.45) is 6.95. The van der Waals surface area contributed by atoms with Gasteiger partial charge in [0.05, 0.1) is 31.5 Å². The third-order valence-electron chi connectivity index (χ3n) is 13.0. The van der Waals surface area contributed by atoms with E-state index < -0.39 is 24.3 Å². The number of H-pyrrole nitrogens is 2. The molecular formula is C44H50N8O7. The van der Waals surface area contributed by atoms with Gasteiger partial charge in [-0.15, -0.1) is 0 Å². The van der Waals surface area contributed by atoms with E-state index in [2.05, 4.69) is 33.2 Å². The van der Waals surface area contributed by atoms with Gasteiger partial charge >= 0.3 is 12.2 Å². The highest BCUT2D eigenvalue weighted by atomic mass is 16.5. The number of hydrogen-bond donors (Lipinski definition) is 4. The molecule has 3 saturated heterocycles. The molecule has 4 aromatic rings. The number of piperidine rings is 2. The molecule has 9 rings (SSSR count). The van der Waals surface area contributed by atoms with E-state index in [-0.39, 0.29) is 47.8 Å². The summed E-state index contributed by atoms with van der Waals surface area (Å²) in [6, 6.07) is 10.5. The number of hydrogen-bond acceptors (Lipinski definition) is 8. The summed E-state index contributed by atoms with van der Waals surface area (Å²) >= 11 is 0. The van der Waals surface area contributed by atoms with Crippen molar-refractivity contribution in [2.24, 2.45) is 23.7 Å². The van der Waals surface area contributed by atoms with E-state index in [9.17, 15) is 24.3 Å². The Morgan fingerprint density at radius 2 is 1.59 bits per heavy atom. The number of benzene rings is 2. The highest BCUT2D eigenvalue weighted by Crippen LogP contribution is 2.54. The smallest absolute Gasteiger partial charge is 0.407 e. The number of rotatable bonds is 9. The molecule has 5 fully saturated rings. The van der Waals surface area contributed by atoms with Crippen LogP contribution in [0.15, 0.2) is 48.8 Å². The van der Waals surface area contributed by atoms with Crippen molar-refractivity contribution in [2.45, 2.75) is 88.6 Å². The minimum atomic E-state index is -1.12. The molecule has 5 heterocycles. The Morgan fingerprint density at radius 3 is 2.27 bits per heavy atom. The van der Waals surface area contributed by atoms with Crippen molar-refractivity contribution < 1.29 is 33.8 Å². The Balaban J connectivity index is 0.886. The molecule has 2 aliphatic carbocycles. The molecule has 2 aromatic carbocycles. The number of carboxylic acid groups (broad SMARTS) is 1. The second kappa shape index (κ2) is 15.4. The number of likely N-dealkylation sites (tertiary alicyclic amines) is 2. The molecule has 15 heteroatoms. The van der Waals surface area contributed by atoms with Crippen LogP contribution in [0.2, 0.25) is 0 Å². The third kappa shape index (κ3) is 7.39. The van der Waals surface area contributed by atoms with Crippen molar-refractivity contribution in [2.75, 3.05) is 27.4 Å². The maximum absolute atomic E-state index is 14.2. The van der Waals surface area contributed by atoms with Gasteiger partial charge in [-0.1, -0.05) is 38.0 Å². The van der Waals surface area contributed by atoms with Gasteiger partial charge in [0.15, 0.2) is 0 Å². The first-order chi connectivity index (χ1) is 28.5. The maximum Gasteiger partial charge on any atom is 0.407 e. The predicted octanol–water partition coefficient (Wildman–Crippen LogP) is 5.46. The Labute approximate surface area is 342 Å². The number of imidazole rings is 2. The average Bonchev–Trinajstić information content (AvgIpc) is 3.83. The van der Waals surface area contributed by atoms with Gasteiger partial charge in [-0.05, 0) is 91.2 Å². The lowest BCUT2D eigenvalue weighted by molar-refractivity contribution is -0.142. The van der Waals surface area contributed by atoms with Crippen molar-refractivity contribution in [3.63, 3.8) is 0 Å². The van der Waals surface area contributed by atoms with E-state index in [1.54, 1.807) is 6.20 Å². The molecule has 0 spiro atoms. The summed E-state index contributed by atoms with van der Waals surface area (Å²) < 4.78 is 10.5. The number of likely N-dealkylation sites (N-methyl/N-ethyl adjacent to an activating group) is 1. The average molecular weight is 803 g/mol. The Kier molecular flexibility index (Phi) is 10.1. The molecule has 59 heavy (non-hydrogen) atoms. The second-order valence-electron chi connectivity index (χ2n) is 17.2. The van der Waals surface area contributed by atoms with Gasteiger partial charge in [-0.25, -0.2) is 19.6 Å². The number of methoxy groups -OCH3 is 1. The number of alkyl carbamates (subject to hydrolysis) is 1. The largest absolute Gasteiger partial charge is 0.465 e. The lowest BCUT2D eigenvalue weighted by Gasteiger charge is -2.38. The van der Waals surface area contributed by atoms with Crippen molar-refractivity contribution in [1.82, 2.24) is 40.0 Å². The summed E-state index contributed by atoms with van der Waals surface area (Å²) in [5.41, 5.74) is 3.12. The number of ether oxygens (including phenoxy) is 2. The van der Waals surface area contributed by atoms with Crippen molar-refractivity contribution in [1.29, 1.82) is 0 Å². The highest BCUT2D eigenvalue weighted by molar-refractivity contribution is 5.89. The van der Waals surface area contributed by atoms with E-state index in [1.807, 2.05) is 60.2 Å². The molecule has 9 atom stereocenters. The summed E-state index contributed by atoms with van der Waals surface area (Å²) in [7, 11) is 2.78. The first-order valence-corrected chi connectivity index (χ1v) is 20.7. The van der Waals surface area contributed by atoms with Crippen LogP contribution < -0.4 is 5.32 Å². The van der Waals surface area contributed by atoms with E-state index >= 15 is 0 Å². The van der Waals surface area contributed by atoms with Crippen molar-refractivity contribution in [3.8, 4) is 23.1 Å². The number of aromatic amines is 2. The molecule has 0 bridgehead atoms. The van der Waals surface area contributed by atoms with Crippen LogP contribution in [0, 0.1) is 35.5 Å². The number of fused-ring (bicyclic) bond motifs is 3.